The molecule has 1 aromatic rings. The summed E-state index contributed by atoms with van der Waals surface area (Å²) < 4.78 is 0. The molecule has 1 rings (SSSR count). The van der Waals surface area contributed by atoms with Crippen molar-refractivity contribution in [2.75, 3.05) is 0 Å². The van der Waals surface area contributed by atoms with Gasteiger partial charge in [0, 0.05) is 11.9 Å². The second-order valence-electron chi connectivity index (χ2n) is 2.83. The smallest absolute Gasteiger partial charge is 0.310 e. The van der Waals surface area contributed by atoms with Crippen molar-refractivity contribution in [2.24, 2.45) is 0 Å². The van der Waals surface area contributed by atoms with Crippen molar-refractivity contribution in [1.82, 2.24) is 4.98 Å². The molecule has 0 saturated carbocycles. The summed E-state index contributed by atoms with van der Waals surface area (Å²) in [4.78, 5) is 13.7. The monoisotopic (exact) mass is 167 g/mol. The maximum absolute atomic E-state index is 10.7. The van der Waals surface area contributed by atoms with E-state index in [2.05, 4.69) is 4.98 Å². The molecule has 0 aromatic carbocycles. The molecule has 0 aliphatic heterocycles. The molecule has 0 amide bonds. The van der Waals surface area contributed by atoms with Crippen molar-refractivity contribution < 1.29 is 9.90 Å². The largest absolute Gasteiger partial charge is 0.481 e. The second-order valence-corrected chi connectivity index (χ2v) is 2.83. The van der Waals surface area contributed by atoms with E-state index < -0.39 is 11.9 Å². The van der Waals surface area contributed by atoms with E-state index in [1.807, 2.05) is 13.0 Å². The molecule has 66 valence electrons. The first kappa shape index (κ1) is 8.84. The zero-order valence-electron chi connectivity index (χ0n) is 7.29. The van der Waals surface area contributed by atoms with Gasteiger partial charge in [-0.3, -0.25) is 4.79 Å². The van der Waals surface area contributed by atoms with Crippen LogP contribution in [0.5, 0.6) is 0 Å². The normalized spacial score (nSPS) is 12.8. The lowest BCUT2D eigenvalue weighted by molar-refractivity contribution is -0.138. The van der Waals surface area contributed by atoms with Crippen LogP contribution in [-0.2, 0) is 11.2 Å². The quantitative estimate of drug-likeness (QED) is 0.720. The van der Waals surface area contributed by atoms with Crippen molar-refractivity contribution in [3.8, 4) is 0 Å². The maximum atomic E-state index is 10.7. The van der Waals surface area contributed by atoms with Crippen LogP contribution in [-0.4, -0.2) is 16.1 Å². The number of aromatic amines is 1. The Morgan fingerprint density at radius 1 is 1.75 bits per heavy atom. The summed E-state index contributed by atoms with van der Waals surface area (Å²) in [5.41, 5.74) is 1.91. The molecule has 3 heteroatoms. The van der Waals surface area contributed by atoms with Crippen LogP contribution in [0.25, 0.3) is 0 Å². The Hall–Kier alpha value is -1.25. The zero-order chi connectivity index (χ0) is 9.14. The number of hydrogen-bond donors (Lipinski definition) is 2. The van der Waals surface area contributed by atoms with Gasteiger partial charge in [-0.2, -0.15) is 0 Å². The second kappa shape index (κ2) is 3.43. The lowest BCUT2D eigenvalue weighted by Gasteiger charge is -2.05. The van der Waals surface area contributed by atoms with Gasteiger partial charge < -0.3 is 10.1 Å². The third-order valence-corrected chi connectivity index (χ3v) is 2.06. The maximum Gasteiger partial charge on any atom is 0.310 e. The van der Waals surface area contributed by atoms with Crippen molar-refractivity contribution >= 4 is 5.97 Å². The fourth-order valence-electron chi connectivity index (χ4n) is 1.26. The van der Waals surface area contributed by atoms with E-state index >= 15 is 0 Å². The van der Waals surface area contributed by atoms with Crippen LogP contribution < -0.4 is 0 Å². The van der Waals surface area contributed by atoms with Gasteiger partial charge in [0.1, 0.15) is 0 Å². The molecule has 2 N–H and O–H groups in total. The highest BCUT2D eigenvalue weighted by Crippen LogP contribution is 2.19. The first-order valence-electron chi connectivity index (χ1n) is 4.05. The highest BCUT2D eigenvalue weighted by atomic mass is 16.4. The van der Waals surface area contributed by atoms with Gasteiger partial charge in [0.2, 0.25) is 0 Å². The Kier molecular flexibility index (Phi) is 2.53. The zero-order valence-corrected chi connectivity index (χ0v) is 7.29. The van der Waals surface area contributed by atoms with Crippen molar-refractivity contribution in [3.05, 3.63) is 23.5 Å². The highest BCUT2D eigenvalue weighted by molar-refractivity contribution is 5.75. The number of hydrogen-bond acceptors (Lipinski definition) is 1. The summed E-state index contributed by atoms with van der Waals surface area (Å²) in [6.07, 6.45) is 2.63. The van der Waals surface area contributed by atoms with Crippen LogP contribution in [0.4, 0.5) is 0 Å². The average molecular weight is 167 g/mol. The van der Waals surface area contributed by atoms with E-state index in [-0.39, 0.29) is 0 Å². The van der Waals surface area contributed by atoms with E-state index in [9.17, 15) is 4.79 Å². The van der Waals surface area contributed by atoms with E-state index in [0.29, 0.717) is 0 Å². The average Bonchev–Trinajstić information content (AvgIpc) is 2.49. The van der Waals surface area contributed by atoms with Gasteiger partial charge in [0.15, 0.2) is 0 Å². The molecule has 1 unspecified atom stereocenters. The molecule has 0 saturated heterocycles. The van der Waals surface area contributed by atoms with E-state index in [1.165, 1.54) is 0 Å². The predicted molar refractivity (Wildman–Crippen MR) is 46.2 cm³/mol. The minimum Gasteiger partial charge on any atom is -0.481 e. The molecule has 12 heavy (non-hydrogen) atoms. The molecule has 0 aliphatic rings. The number of aromatic nitrogens is 1. The molecule has 0 fully saturated rings. The van der Waals surface area contributed by atoms with Crippen LogP contribution in [0.1, 0.15) is 31.0 Å². The Morgan fingerprint density at radius 2 is 2.42 bits per heavy atom. The van der Waals surface area contributed by atoms with Crippen LogP contribution in [0.15, 0.2) is 12.3 Å². The van der Waals surface area contributed by atoms with Gasteiger partial charge in [-0.05, 0) is 25.0 Å². The number of nitrogens with one attached hydrogen (secondary N) is 1. The molecular weight excluding hydrogens is 154 g/mol. The van der Waals surface area contributed by atoms with Gasteiger partial charge in [-0.15, -0.1) is 0 Å². The number of aliphatic carboxylic acids is 1. The number of rotatable bonds is 3. The number of carboxylic acids is 1. The Labute approximate surface area is 71.4 Å². The fraction of sp³-hybridized carbons (Fsp3) is 0.444. The Bertz CT molecular complexity index is 278. The predicted octanol–water partition coefficient (Wildman–Crippen LogP) is 1.77. The molecule has 0 radical (unpaired) electrons. The van der Waals surface area contributed by atoms with Gasteiger partial charge in [0.25, 0.3) is 0 Å². The molecule has 1 aromatic heterocycles. The van der Waals surface area contributed by atoms with E-state index in [4.69, 9.17) is 5.11 Å². The van der Waals surface area contributed by atoms with Gasteiger partial charge in [-0.25, -0.2) is 0 Å². The van der Waals surface area contributed by atoms with Crippen LogP contribution in [0.3, 0.4) is 0 Å². The number of H-pyrrole nitrogens is 1. The SMILES string of the molecule is CCc1[nH]ccc1C(C)C(=O)O. The minimum absolute atomic E-state index is 0.411. The number of aryl methyl sites for hydroxylation is 1. The van der Waals surface area contributed by atoms with Crippen molar-refractivity contribution in [2.45, 2.75) is 26.2 Å². The lowest BCUT2D eigenvalue weighted by Crippen LogP contribution is -2.08. The van der Waals surface area contributed by atoms with Crippen LogP contribution >= 0.6 is 0 Å². The van der Waals surface area contributed by atoms with Crippen LogP contribution in [0.2, 0.25) is 0 Å². The summed E-state index contributed by atoms with van der Waals surface area (Å²) >= 11 is 0. The number of carboxylic acid groups (broad SMARTS) is 1. The van der Waals surface area contributed by atoms with E-state index in [1.54, 1.807) is 13.1 Å². The molecular formula is C9H13NO2. The highest BCUT2D eigenvalue weighted by Gasteiger charge is 2.16. The molecule has 0 spiro atoms. The number of carbonyl (C=O) groups is 1. The van der Waals surface area contributed by atoms with Gasteiger partial charge in [0.05, 0.1) is 5.92 Å². The van der Waals surface area contributed by atoms with E-state index in [0.717, 1.165) is 17.7 Å². The Balaban J connectivity index is 2.93. The van der Waals surface area contributed by atoms with Gasteiger partial charge in [-0.1, -0.05) is 6.92 Å². The standard InChI is InChI=1S/C9H13NO2/c1-3-8-7(4-5-10-8)6(2)9(11)12/h4-6,10H,3H2,1-2H3,(H,11,12). The summed E-state index contributed by atoms with van der Waals surface area (Å²) in [7, 11) is 0. The fourth-order valence-corrected chi connectivity index (χ4v) is 1.26. The molecule has 1 heterocycles. The Morgan fingerprint density at radius 3 is 2.92 bits per heavy atom. The van der Waals surface area contributed by atoms with Crippen molar-refractivity contribution in [1.29, 1.82) is 0 Å². The first-order chi connectivity index (χ1) is 5.66. The van der Waals surface area contributed by atoms with Gasteiger partial charge >= 0.3 is 5.97 Å². The third kappa shape index (κ3) is 1.49. The minimum atomic E-state index is -0.774. The first-order valence-corrected chi connectivity index (χ1v) is 4.05. The van der Waals surface area contributed by atoms with Crippen molar-refractivity contribution in [3.63, 3.8) is 0 Å². The molecule has 1 atom stereocenters. The summed E-state index contributed by atoms with van der Waals surface area (Å²) in [5, 5.41) is 8.76. The van der Waals surface area contributed by atoms with Crippen LogP contribution in [0, 0.1) is 0 Å². The third-order valence-electron chi connectivity index (χ3n) is 2.06. The summed E-state index contributed by atoms with van der Waals surface area (Å²) in [6.45, 7) is 3.70. The molecule has 3 nitrogen and oxygen atoms in total. The molecule has 0 aliphatic carbocycles. The molecule has 0 bridgehead atoms. The summed E-state index contributed by atoms with van der Waals surface area (Å²) in [6, 6.07) is 1.83. The summed E-state index contributed by atoms with van der Waals surface area (Å²) in [5.74, 6) is -1.18. The topological polar surface area (TPSA) is 53.1 Å². The lowest BCUT2D eigenvalue weighted by atomic mass is 10.0.